The summed E-state index contributed by atoms with van der Waals surface area (Å²) in [4.78, 5) is 14.3. The van der Waals surface area contributed by atoms with E-state index in [1.165, 1.54) is 0 Å². The second-order valence-corrected chi connectivity index (χ2v) is 7.02. The highest BCUT2D eigenvalue weighted by Crippen LogP contribution is 2.37. The molecule has 23 heavy (non-hydrogen) atoms. The van der Waals surface area contributed by atoms with Gasteiger partial charge in [-0.1, -0.05) is 37.6 Å². The Balaban J connectivity index is 2.10. The largest absolute Gasteiger partial charge is 0.442 e. The third-order valence-corrected chi connectivity index (χ3v) is 5.18. The Labute approximate surface area is 143 Å². The van der Waals surface area contributed by atoms with Crippen molar-refractivity contribution >= 4 is 17.7 Å². The number of aliphatic hydroxyl groups is 1. The van der Waals surface area contributed by atoms with Crippen molar-refractivity contribution < 1.29 is 14.6 Å². The molecule has 0 spiro atoms. The fraction of sp³-hybridized carbons (Fsp3) is 0.611. The van der Waals surface area contributed by atoms with Crippen molar-refractivity contribution in [2.24, 2.45) is 5.92 Å². The van der Waals surface area contributed by atoms with Gasteiger partial charge in [0.05, 0.1) is 6.04 Å². The van der Waals surface area contributed by atoms with Crippen molar-refractivity contribution in [3.63, 3.8) is 0 Å². The van der Waals surface area contributed by atoms with Crippen molar-refractivity contribution in [1.29, 1.82) is 0 Å². The number of nitrogens with zero attached hydrogens (tertiary/aromatic N) is 1. The van der Waals surface area contributed by atoms with Crippen LogP contribution in [0.4, 0.5) is 4.79 Å². The molecule has 128 valence electrons. The van der Waals surface area contributed by atoms with Gasteiger partial charge in [0.2, 0.25) is 0 Å². The third-order valence-electron chi connectivity index (χ3n) is 4.93. The van der Waals surface area contributed by atoms with Crippen LogP contribution in [0.15, 0.2) is 24.3 Å². The smallest absolute Gasteiger partial charge is 0.410 e. The Kier molecular flexibility index (Phi) is 5.93. The minimum atomic E-state index is -0.462. The summed E-state index contributed by atoms with van der Waals surface area (Å²) in [5, 5.41) is 9.79. The monoisotopic (exact) mass is 339 g/mol. The molecular formula is C18H26ClNO3. The number of rotatable bonds is 6. The van der Waals surface area contributed by atoms with Gasteiger partial charge in [0, 0.05) is 24.6 Å². The minimum absolute atomic E-state index is 0.0530. The molecule has 1 saturated heterocycles. The van der Waals surface area contributed by atoms with Gasteiger partial charge in [-0.3, -0.25) is 0 Å². The highest BCUT2D eigenvalue weighted by Gasteiger charge is 2.43. The molecule has 2 atom stereocenters. The molecule has 1 fully saturated rings. The topological polar surface area (TPSA) is 49.8 Å². The van der Waals surface area contributed by atoms with Crippen molar-refractivity contribution in [1.82, 2.24) is 4.90 Å². The normalized spacial score (nSPS) is 23.0. The van der Waals surface area contributed by atoms with E-state index < -0.39 is 5.60 Å². The number of amides is 1. The number of halogens is 1. The lowest BCUT2D eigenvalue weighted by atomic mass is 9.81. The summed E-state index contributed by atoms with van der Waals surface area (Å²) >= 11 is 5.93. The second-order valence-electron chi connectivity index (χ2n) is 6.59. The average Bonchev–Trinajstić information content (AvgIpc) is 2.53. The summed E-state index contributed by atoms with van der Waals surface area (Å²) in [6, 6.07) is 7.50. The quantitative estimate of drug-likeness (QED) is 0.835. The molecule has 5 heteroatoms. The zero-order valence-corrected chi connectivity index (χ0v) is 14.8. The molecule has 1 aliphatic heterocycles. The molecule has 0 radical (unpaired) electrons. The molecule has 2 unspecified atom stereocenters. The van der Waals surface area contributed by atoms with Crippen LogP contribution >= 0.6 is 11.6 Å². The molecular weight excluding hydrogens is 314 g/mol. The van der Waals surface area contributed by atoms with Gasteiger partial charge in [0.15, 0.2) is 0 Å². The van der Waals surface area contributed by atoms with Crippen molar-refractivity contribution in [3.8, 4) is 0 Å². The van der Waals surface area contributed by atoms with Crippen LogP contribution in [0.2, 0.25) is 5.02 Å². The van der Waals surface area contributed by atoms with E-state index in [0.29, 0.717) is 24.4 Å². The van der Waals surface area contributed by atoms with Crippen LogP contribution in [-0.4, -0.2) is 34.9 Å². The Bertz CT molecular complexity index is 532. The Morgan fingerprint density at radius 3 is 2.48 bits per heavy atom. The fourth-order valence-electron chi connectivity index (χ4n) is 3.21. The van der Waals surface area contributed by atoms with E-state index >= 15 is 0 Å². The number of aliphatic hydroxyl groups excluding tert-OH is 1. The molecule has 0 aromatic heterocycles. The number of hydrogen-bond acceptors (Lipinski definition) is 3. The van der Waals surface area contributed by atoms with E-state index in [0.717, 1.165) is 12.0 Å². The van der Waals surface area contributed by atoms with Gasteiger partial charge in [-0.05, 0) is 43.4 Å². The first kappa shape index (κ1) is 18.1. The SMILES string of the molecule is CC(c1ccc(Cl)cc1)N1CCC(CCCO)(C(C)C)OC1=O. The molecule has 0 saturated carbocycles. The maximum atomic E-state index is 12.6. The number of cyclic esters (lactones) is 1. The molecule has 1 N–H and O–H groups in total. The van der Waals surface area contributed by atoms with E-state index in [1.54, 1.807) is 4.90 Å². The summed E-state index contributed by atoms with van der Waals surface area (Å²) in [7, 11) is 0. The maximum absolute atomic E-state index is 12.6. The van der Waals surface area contributed by atoms with E-state index in [2.05, 4.69) is 13.8 Å². The van der Waals surface area contributed by atoms with Gasteiger partial charge >= 0.3 is 6.09 Å². The lowest BCUT2D eigenvalue weighted by Crippen LogP contribution is -2.52. The summed E-state index contributed by atoms with van der Waals surface area (Å²) in [6.07, 6.45) is 1.87. The van der Waals surface area contributed by atoms with Crippen LogP contribution in [0, 0.1) is 5.92 Å². The zero-order valence-electron chi connectivity index (χ0n) is 14.1. The average molecular weight is 340 g/mol. The Morgan fingerprint density at radius 1 is 1.30 bits per heavy atom. The molecule has 4 nitrogen and oxygen atoms in total. The predicted octanol–water partition coefficient (Wildman–Crippen LogP) is 4.41. The molecule has 0 bridgehead atoms. The highest BCUT2D eigenvalue weighted by atomic mass is 35.5. The van der Waals surface area contributed by atoms with Crippen LogP contribution in [-0.2, 0) is 4.74 Å². The summed E-state index contributed by atoms with van der Waals surface area (Å²) in [5.74, 6) is 0.228. The molecule has 1 heterocycles. The standard InChI is InChI=1S/C18H26ClNO3/c1-13(2)18(9-4-12-21)10-11-20(17(22)23-18)14(3)15-5-7-16(19)8-6-15/h5-8,13-14,21H,4,9-12H2,1-3H3. The van der Waals surface area contributed by atoms with E-state index in [4.69, 9.17) is 21.4 Å². The Morgan fingerprint density at radius 2 is 1.96 bits per heavy atom. The van der Waals surface area contributed by atoms with E-state index in [9.17, 15) is 4.79 Å². The van der Waals surface area contributed by atoms with Gasteiger partial charge in [-0.25, -0.2) is 4.79 Å². The minimum Gasteiger partial charge on any atom is -0.442 e. The number of carbonyl (C=O) groups excluding carboxylic acids is 1. The lowest BCUT2D eigenvalue weighted by molar-refractivity contribution is -0.0894. The maximum Gasteiger partial charge on any atom is 0.410 e. The molecule has 1 aromatic rings. The van der Waals surface area contributed by atoms with Crippen LogP contribution in [0.1, 0.15) is 51.6 Å². The first-order valence-electron chi connectivity index (χ1n) is 8.25. The summed E-state index contributed by atoms with van der Waals surface area (Å²) < 4.78 is 5.87. The van der Waals surface area contributed by atoms with Crippen LogP contribution in [0.5, 0.6) is 0 Å². The van der Waals surface area contributed by atoms with Gasteiger partial charge in [-0.15, -0.1) is 0 Å². The highest BCUT2D eigenvalue weighted by molar-refractivity contribution is 6.30. The number of hydrogen-bond donors (Lipinski definition) is 1. The van der Waals surface area contributed by atoms with Gasteiger partial charge < -0.3 is 14.7 Å². The molecule has 0 aliphatic carbocycles. The van der Waals surface area contributed by atoms with Gasteiger partial charge in [0.25, 0.3) is 0 Å². The lowest BCUT2D eigenvalue weighted by Gasteiger charge is -2.45. The predicted molar refractivity (Wildman–Crippen MR) is 91.6 cm³/mol. The number of ether oxygens (including phenoxy) is 1. The summed E-state index contributed by atoms with van der Waals surface area (Å²) in [6.45, 7) is 6.93. The van der Waals surface area contributed by atoms with Gasteiger partial charge in [0.1, 0.15) is 5.60 Å². The van der Waals surface area contributed by atoms with Crippen molar-refractivity contribution in [2.45, 2.75) is 51.7 Å². The van der Waals surface area contributed by atoms with Crippen LogP contribution < -0.4 is 0 Å². The molecule has 1 aromatic carbocycles. The molecule has 1 aliphatic rings. The fourth-order valence-corrected chi connectivity index (χ4v) is 3.33. The molecule has 2 rings (SSSR count). The number of carbonyl (C=O) groups is 1. The van der Waals surface area contributed by atoms with Crippen molar-refractivity contribution in [3.05, 3.63) is 34.9 Å². The van der Waals surface area contributed by atoms with E-state index in [-0.39, 0.29) is 24.7 Å². The first-order valence-corrected chi connectivity index (χ1v) is 8.63. The Hall–Kier alpha value is -1.26. The van der Waals surface area contributed by atoms with Gasteiger partial charge in [-0.2, -0.15) is 0 Å². The third kappa shape index (κ3) is 3.99. The first-order chi connectivity index (χ1) is 10.9. The molecule has 1 amide bonds. The van der Waals surface area contributed by atoms with E-state index in [1.807, 2.05) is 31.2 Å². The zero-order chi connectivity index (χ0) is 17.0. The van der Waals surface area contributed by atoms with Crippen molar-refractivity contribution in [2.75, 3.05) is 13.2 Å². The summed E-state index contributed by atoms with van der Waals surface area (Å²) in [5.41, 5.74) is 0.578. The van der Waals surface area contributed by atoms with Crippen LogP contribution in [0.25, 0.3) is 0 Å². The second kappa shape index (κ2) is 7.54. The number of benzene rings is 1. The van der Waals surface area contributed by atoms with Crippen LogP contribution in [0.3, 0.4) is 0 Å².